The molecule has 0 aliphatic heterocycles. The summed E-state index contributed by atoms with van der Waals surface area (Å²) in [4.78, 5) is 13.2. The first-order valence-corrected chi connectivity index (χ1v) is 4.96. The Kier molecular flexibility index (Phi) is 5.08. The minimum Gasteiger partial charge on any atom is -0.303 e. The predicted molar refractivity (Wildman–Crippen MR) is 58.5 cm³/mol. The molecule has 0 aliphatic carbocycles. The van der Waals surface area contributed by atoms with E-state index in [4.69, 9.17) is 5.84 Å². The van der Waals surface area contributed by atoms with Crippen LogP contribution in [0.4, 0.5) is 0 Å². The molecule has 0 saturated carbocycles. The van der Waals surface area contributed by atoms with Gasteiger partial charge in [-0.2, -0.15) is 0 Å². The van der Waals surface area contributed by atoms with Crippen LogP contribution in [0.1, 0.15) is 34.1 Å². The Morgan fingerprint density at radius 3 is 2.36 bits per heavy atom. The van der Waals surface area contributed by atoms with Gasteiger partial charge in [-0.1, -0.05) is 20.8 Å². The molecule has 0 aromatic heterocycles. The second-order valence-corrected chi connectivity index (χ2v) is 5.10. The van der Waals surface area contributed by atoms with E-state index in [2.05, 4.69) is 31.1 Å². The Hall–Kier alpha value is -0.610. The molecule has 84 valence electrons. The van der Waals surface area contributed by atoms with E-state index in [1.807, 2.05) is 14.0 Å². The van der Waals surface area contributed by atoms with E-state index < -0.39 is 0 Å². The molecule has 4 nitrogen and oxygen atoms in total. The van der Waals surface area contributed by atoms with E-state index in [0.717, 1.165) is 6.54 Å². The van der Waals surface area contributed by atoms with Crippen molar-refractivity contribution in [3.05, 3.63) is 0 Å². The van der Waals surface area contributed by atoms with Crippen molar-refractivity contribution in [3.63, 3.8) is 0 Å². The Labute approximate surface area is 86.8 Å². The number of hydrogen-bond acceptors (Lipinski definition) is 3. The number of nitrogens with two attached hydrogens (primary N) is 1. The van der Waals surface area contributed by atoms with Gasteiger partial charge >= 0.3 is 0 Å². The van der Waals surface area contributed by atoms with Crippen LogP contribution in [0, 0.1) is 5.41 Å². The second kappa shape index (κ2) is 5.32. The van der Waals surface area contributed by atoms with Crippen molar-refractivity contribution in [3.8, 4) is 0 Å². The van der Waals surface area contributed by atoms with Gasteiger partial charge in [-0.05, 0) is 19.4 Å². The van der Waals surface area contributed by atoms with Crippen LogP contribution in [0.25, 0.3) is 0 Å². The fraction of sp³-hybridized carbons (Fsp3) is 0.900. The average Bonchev–Trinajstić information content (AvgIpc) is 2.00. The molecule has 0 saturated heterocycles. The van der Waals surface area contributed by atoms with Crippen molar-refractivity contribution in [2.45, 2.75) is 40.2 Å². The van der Waals surface area contributed by atoms with Crippen molar-refractivity contribution in [2.75, 3.05) is 13.6 Å². The normalized spacial score (nSPS) is 14.2. The summed E-state index contributed by atoms with van der Waals surface area (Å²) in [6, 6.07) is 0.220. The van der Waals surface area contributed by atoms with Gasteiger partial charge in [-0.25, -0.2) is 5.84 Å². The Morgan fingerprint density at radius 1 is 1.50 bits per heavy atom. The lowest BCUT2D eigenvalue weighted by atomic mass is 9.95. The van der Waals surface area contributed by atoms with Crippen molar-refractivity contribution in [2.24, 2.45) is 11.3 Å². The number of carbonyl (C=O) groups excluding carboxylic acids is 1. The van der Waals surface area contributed by atoms with Gasteiger partial charge in [-0.15, -0.1) is 0 Å². The molecule has 4 heteroatoms. The van der Waals surface area contributed by atoms with E-state index in [9.17, 15) is 4.79 Å². The molecule has 1 atom stereocenters. The number of rotatable bonds is 4. The summed E-state index contributed by atoms with van der Waals surface area (Å²) < 4.78 is 0. The van der Waals surface area contributed by atoms with Gasteiger partial charge < -0.3 is 4.90 Å². The van der Waals surface area contributed by atoms with E-state index in [1.54, 1.807) is 0 Å². The van der Waals surface area contributed by atoms with Crippen LogP contribution in [-0.4, -0.2) is 30.4 Å². The van der Waals surface area contributed by atoms with E-state index >= 15 is 0 Å². The third-order valence-electron chi connectivity index (χ3n) is 2.12. The van der Waals surface area contributed by atoms with Crippen LogP contribution in [0.15, 0.2) is 0 Å². The molecule has 0 heterocycles. The van der Waals surface area contributed by atoms with Crippen molar-refractivity contribution >= 4 is 5.91 Å². The molecule has 1 unspecified atom stereocenters. The van der Waals surface area contributed by atoms with Crippen molar-refractivity contribution in [1.29, 1.82) is 0 Å². The summed E-state index contributed by atoms with van der Waals surface area (Å²) >= 11 is 0. The molecule has 14 heavy (non-hydrogen) atoms. The molecule has 0 aromatic carbocycles. The largest absolute Gasteiger partial charge is 0.303 e. The van der Waals surface area contributed by atoms with E-state index in [0.29, 0.717) is 6.42 Å². The SMILES string of the molecule is CC(CC(=O)NN)N(C)CC(C)(C)C. The fourth-order valence-corrected chi connectivity index (χ4v) is 1.39. The molecule has 0 bridgehead atoms. The Morgan fingerprint density at radius 2 is 2.00 bits per heavy atom. The summed E-state index contributed by atoms with van der Waals surface area (Å²) in [6.45, 7) is 9.53. The molecule has 0 fully saturated rings. The topological polar surface area (TPSA) is 58.4 Å². The zero-order chi connectivity index (χ0) is 11.4. The first kappa shape index (κ1) is 13.4. The monoisotopic (exact) mass is 201 g/mol. The molecule has 0 aliphatic rings. The predicted octanol–water partition coefficient (Wildman–Crippen LogP) is 0.733. The smallest absolute Gasteiger partial charge is 0.235 e. The van der Waals surface area contributed by atoms with Crippen LogP contribution >= 0.6 is 0 Å². The van der Waals surface area contributed by atoms with Gasteiger partial charge in [0.1, 0.15) is 0 Å². The molecule has 3 N–H and O–H groups in total. The van der Waals surface area contributed by atoms with Crippen LogP contribution in [0.3, 0.4) is 0 Å². The number of nitrogens with zero attached hydrogens (tertiary/aromatic N) is 1. The molecule has 0 aromatic rings. The number of hydrazine groups is 1. The molecule has 0 spiro atoms. The van der Waals surface area contributed by atoms with Crippen molar-refractivity contribution < 1.29 is 4.79 Å². The lowest BCUT2D eigenvalue weighted by Gasteiger charge is -2.30. The Bertz CT molecular complexity index is 186. The van der Waals surface area contributed by atoms with Gasteiger partial charge in [0, 0.05) is 19.0 Å². The van der Waals surface area contributed by atoms with E-state index in [-0.39, 0.29) is 17.4 Å². The van der Waals surface area contributed by atoms with Gasteiger partial charge in [-0.3, -0.25) is 10.2 Å². The highest BCUT2D eigenvalue weighted by Crippen LogP contribution is 2.16. The number of carbonyl (C=O) groups is 1. The number of hydrogen-bond donors (Lipinski definition) is 2. The lowest BCUT2D eigenvalue weighted by Crippen LogP contribution is -2.40. The minimum atomic E-state index is -0.113. The zero-order valence-corrected chi connectivity index (χ0v) is 9.92. The molecular formula is C10H23N3O. The summed E-state index contributed by atoms with van der Waals surface area (Å²) in [7, 11) is 2.03. The molecule has 0 rings (SSSR count). The summed E-state index contributed by atoms with van der Waals surface area (Å²) in [5, 5.41) is 0. The lowest BCUT2D eigenvalue weighted by molar-refractivity contribution is -0.122. The van der Waals surface area contributed by atoms with Gasteiger partial charge in [0.2, 0.25) is 5.91 Å². The highest BCUT2D eigenvalue weighted by Gasteiger charge is 2.19. The number of amides is 1. The zero-order valence-electron chi connectivity index (χ0n) is 9.92. The van der Waals surface area contributed by atoms with Gasteiger partial charge in [0.05, 0.1) is 0 Å². The standard InChI is InChI=1S/C10H23N3O/c1-8(6-9(14)12-11)13(5)7-10(2,3)4/h8H,6-7,11H2,1-5H3,(H,12,14). The van der Waals surface area contributed by atoms with Crippen molar-refractivity contribution in [1.82, 2.24) is 10.3 Å². The third-order valence-corrected chi connectivity index (χ3v) is 2.12. The maximum Gasteiger partial charge on any atom is 0.235 e. The average molecular weight is 201 g/mol. The Balaban J connectivity index is 3.99. The third kappa shape index (κ3) is 5.94. The molecule has 0 radical (unpaired) electrons. The summed E-state index contributed by atoms with van der Waals surface area (Å²) in [6.07, 6.45) is 0.448. The van der Waals surface area contributed by atoms with Gasteiger partial charge in [0.25, 0.3) is 0 Å². The maximum atomic E-state index is 11.0. The highest BCUT2D eigenvalue weighted by molar-refractivity contribution is 5.75. The van der Waals surface area contributed by atoms with Crippen LogP contribution in [0.2, 0.25) is 0 Å². The molecule has 1 amide bonds. The first-order chi connectivity index (χ1) is 6.26. The van der Waals surface area contributed by atoms with Gasteiger partial charge in [0.15, 0.2) is 0 Å². The van der Waals surface area contributed by atoms with Crippen LogP contribution < -0.4 is 11.3 Å². The second-order valence-electron chi connectivity index (χ2n) is 5.10. The highest BCUT2D eigenvalue weighted by atomic mass is 16.2. The molecular weight excluding hydrogens is 178 g/mol. The summed E-state index contributed by atoms with van der Waals surface area (Å²) in [5.41, 5.74) is 2.40. The first-order valence-electron chi connectivity index (χ1n) is 4.96. The summed E-state index contributed by atoms with van der Waals surface area (Å²) in [5.74, 6) is 4.92. The number of nitrogens with one attached hydrogen (secondary N) is 1. The fourth-order valence-electron chi connectivity index (χ4n) is 1.39. The maximum absolute atomic E-state index is 11.0. The van der Waals surface area contributed by atoms with Crippen LogP contribution in [0.5, 0.6) is 0 Å². The van der Waals surface area contributed by atoms with Crippen LogP contribution in [-0.2, 0) is 4.79 Å². The minimum absolute atomic E-state index is 0.113. The quantitative estimate of drug-likeness (QED) is 0.400. The van der Waals surface area contributed by atoms with E-state index in [1.165, 1.54) is 0 Å².